The molecule has 0 aliphatic carbocycles. The highest BCUT2D eigenvalue weighted by molar-refractivity contribution is 5.67. The Labute approximate surface area is 105 Å². The Morgan fingerprint density at radius 1 is 1.28 bits per heavy atom. The Hall–Kier alpha value is -2.23. The minimum Gasteiger partial charge on any atom is -0.496 e. The molecule has 0 amide bonds. The van der Waals surface area contributed by atoms with Gasteiger partial charge < -0.3 is 14.3 Å². The van der Waals surface area contributed by atoms with Gasteiger partial charge in [-0.25, -0.2) is 0 Å². The SMILES string of the molecule is COc1ccccc1-c1ccc(CCC(=O)O)o1. The van der Waals surface area contributed by atoms with Gasteiger partial charge in [-0.2, -0.15) is 0 Å². The molecule has 1 N–H and O–H groups in total. The molecule has 94 valence electrons. The summed E-state index contributed by atoms with van der Waals surface area (Å²) >= 11 is 0. The van der Waals surface area contributed by atoms with Crippen LogP contribution < -0.4 is 4.74 Å². The molecule has 0 aliphatic rings. The average molecular weight is 246 g/mol. The molecule has 0 saturated heterocycles. The number of carboxylic acid groups (broad SMARTS) is 1. The van der Waals surface area contributed by atoms with Crippen LogP contribution >= 0.6 is 0 Å². The number of hydrogen-bond acceptors (Lipinski definition) is 3. The van der Waals surface area contributed by atoms with E-state index in [0.717, 1.165) is 11.3 Å². The van der Waals surface area contributed by atoms with Gasteiger partial charge in [-0.1, -0.05) is 12.1 Å². The molecule has 2 rings (SSSR count). The third-order valence-electron chi connectivity index (χ3n) is 2.62. The molecule has 18 heavy (non-hydrogen) atoms. The smallest absolute Gasteiger partial charge is 0.303 e. The lowest BCUT2D eigenvalue weighted by Crippen LogP contribution is -1.96. The van der Waals surface area contributed by atoms with E-state index in [-0.39, 0.29) is 6.42 Å². The molecular weight excluding hydrogens is 232 g/mol. The molecule has 0 spiro atoms. The first-order valence-electron chi connectivity index (χ1n) is 5.64. The van der Waals surface area contributed by atoms with Crippen LogP contribution in [0.25, 0.3) is 11.3 Å². The maximum absolute atomic E-state index is 10.5. The normalized spacial score (nSPS) is 10.3. The van der Waals surface area contributed by atoms with Crippen LogP contribution in [0.1, 0.15) is 12.2 Å². The molecule has 1 aromatic carbocycles. The fourth-order valence-electron chi connectivity index (χ4n) is 1.74. The lowest BCUT2D eigenvalue weighted by Gasteiger charge is -2.04. The van der Waals surface area contributed by atoms with E-state index >= 15 is 0 Å². The number of hydrogen-bond donors (Lipinski definition) is 1. The van der Waals surface area contributed by atoms with Crippen molar-refractivity contribution < 1.29 is 19.1 Å². The highest BCUT2D eigenvalue weighted by Crippen LogP contribution is 2.31. The monoisotopic (exact) mass is 246 g/mol. The van der Waals surface area contributed by atoms with Crippen molar-refractivity contribution in [2.45, 2.75) is 12.8 Å². The number of methoxy groups -OCH3 is 1. The van der Waals surface area contributed by atoms with Crippen LogP contribution in [0.3, 0.4) is 0 Å². The van der Waals surface area contributed by atoms with Crippen LogP contribution in [0.15, 0.2) is 40.8 Å². The second kappa shape index (κ2) is 5.40. The van der Waals surface area contributed by atoms with Gasteiger partial charge in [0.1, 0.15) is 17.3 Å². The number of carbonyl (C=O) groups is 1. The number of para-hydroxylation sites is 1. The summed E-state index contributed by atoms with van der Waals surface area (Å²) in [5.41, 5.74) is 0.863. The number of rotatable bonds is 5. The van der Waals surface area contributed by atoms with E-state index in [1.807, 2.05) is 30.3 Å². The van der Waals surface area contributed by atoms with Gasteiger partial charge in [-0.15, -0.1) is 0 Å². The number of ether oxygens (including phenoxy) is 1. The van der Waals surface area contributed by atoms with Crippen molar-refractivity contribution in [3.05, 3.63) is 42.2 Å². The summed E-state index contributed by atoms with van der Waals surface area (Å²) in [7, 11) is 1.60. The molecule has 1 aromatic heterocycles. The van der Waals surface area contributed by atoms with E-state index in [0.29, 0.717) is 17.9 Å². The van der Waals surface area contributed by atoms with Crippen molar-refractivity contribution in [3.63, 3.8) is 0 Å². The van der Waals surface area contributed by atoms with Gasteiger partial charge in [0.2, 0.25) is 0 Å². The molecule has 0 bridgehead atoms. The molecule has 0 atom stereocenters. The van der Waals surface area contributed by atoms with Crippen molar-refractivity contribution >= 4 is 5.97 Å². The lowest BCUT2D eigenvalue weighted by atomic mass is 10.1. The largest absolute Gasteiger partial charge is 0.496 e. The van der Waals surface area contributed by atoms with E-state index in [2.05, 4.69) is 0 Å². The Morgan fingerprint density at radius 3 is 2.78 bits per heavy atom. The number of benzene rings is 1. The van der Waals surface area contributed by atoms with E-state index in [1.54, 1.807) is 13.2 Å². The summed E-state index contributed by atoms with van der Waals surface area (Å²) in [6.45, 7) is 0. The predicted molar refractivity (Wildman–Crippen MR) is 66.7 cm³/mol. The van der Waals surface area contributed by atoms with Crippen molar-refractivity contribution in [3.8, 4) is 17.1 Å². The van der Waals surface area contributed by atoms with E-state index in [1.165, 1.54) is 0 Å². The molecule has 0 saturated carbocycles. The molecule has 4 heteroatoms. The summed E-state index contributed by atoms with van der Waals surface area (Å²) < 4.78 is 10.9. The zero-order valence-electron chi connectivity index (χ0n) is 10.1. The number of aliphatic carboxylic acids is 1. The maximum Gasteiger partial charge on any atom is 0.303 e. The van der Waals surface area contributed by atoms with Gasteiger partial charge in [-0.05, 0) is 24.3 Å². The molecule has 0 aliphatic heterocycles. The second-order valence-corrected chi connectivity index (χ2v) is 3.86. The molecular formula is C14H14O4. The fraction of sp³-hybridized carbons (Fsp3) is 0.214. The van der Waals surface area contributed by atoms with Gasteiger partial charge in [-0.3, -0.25) is 4.79 Å². The zero-order chi connectivity index (χ0) is 13.0. The predicted octanol–water partition coefficient (Wildman–Crippen LogP) is 2.97. The third kappa shape index (κ3) is 2.71. The van der Waals surface area contributed by atoms with E-state index in [4.69, 9.17) is 14.3 Å². The Bertz CT molecular complexity index is 542. The maximum atomic E-state index is 10.5. The molecule has 2 aromatic rings. The molecule has 4 nitrogen and oxygen atoms in total. The zero-order valence-corrected chi connectivity index (χ0v) is 10.1. The summed E-state index contributed by atoms with van der Waals surface area (Å²) in [6.07, 6.45) is 0.462. The minimum atomic E-state index is -0.828. The standard InChI is InChI=1S/C14H14O4/c1-17-12-5-3-2-4-11(12)13-8-6-10(18-13)7-9-14(15)16/h2-6,8H,7,9H2,1H3,(H,15,16). The van der Waals surface area contributed by atoms with Crippen LogP contribution in [0.5, 0.6) is 5.75 Å². The first-order valence-corrected chi connectivity index (χ1v) is 5.64. The summed E-state index contributed by atoms with van der Waals surface area (Å²) in [6, 6.07) is 11.2. The lowest BCUT2D eigenvalue weighted by molar-refractivity contribution is -0.137. The van der Waals surface area contributed by atoms with Gasteiger partial charge in [0.05, 0.1) is 19.1 Å². The average Bonchev–Trinajstić information content (AvgIpc) is 2.85. The molecule has 0 fully saturated rings. The Kier molecular flexibility index (Phi) is 3.67. The molecule has 0 radical (unpaired) electrons. The van der Waals surface area contributed by atoms with Crippen molar-refractivity contribution in [2.24, 2.45) is 0 Å². The first kappa shape index (κ1) is 12.2. The fourth-order valence-corrected chi connectivity index (χ4v) is 1.74. The minimum absolute atomic E-state index is 0.0683. The number of furan rings is 1. The van der Waals surface area contributed by atoms with Crippen LogP contribution in [-0.2, 0) is 11.2 Å². The highest BCUT2D eigenvalue weighted by Gasteiger charge is 2.10. The van der Waals surface area contributed by atoms with Gasteiger partial charge in [0.15, 0.2) is 0 Å². The van der Waals surface area contributed by atoms with Gasteiger partial charge in [0.25, 0.3) is 0 Å². The Balaban J connectivity index is 2.21. The highest BCUT2D eigenvalue weighted by atomic mass is 16.5. The first-order chi connectivity index (χ1) is 8.70. The summed E-state index contributed by atoms with van der Waals surface area (Å²) in [4.78, 5) is 10.5. The second-order valence-electron chi connectivity index (χ2n) is 3.86. The van der Waals surface area contributed by atoms with Crippen molar-refractivity contribution in [1.82, 2.24) is 0 Å². The molecule has 1 heterocycles. The third-order valence-corrected chi connectivity index (χ3v) is 2.62. The van der Waals surface area contributed by atoms with Crippen LogP contribution in [-0.4, -0.2) is 18.2 Å². The topological polar surface area (TPSA) is 59.7 Å². The van der Waals surface area contributed by atoms with Gasteiger partial charge >= 0.3 is 5.97 Å². The van der Waals surface area contributed by atoms with E-state index < -0.39 is 5.97 Å². The van der Waals surface area contributed by atoms with Crippen LogP contribution in [0, 0.1) is 0 Å². The quantitative estimate of drug-likeness (QED) is 0.881. The number of aryl methyl sites for hydroxylation is 1. The van der Waals surface area contributed by atoms with E-state index in [9.17, 15) is 4.79 Å². The van der Waals surface area contributed by atoms with Crippen LogP contribution in [0.2, 0.25) is 0 Å². The summed E-state index contributed by atoms with van der Waals surface area (Å²) in [5.74, 6) is 1.26. The Morgan fingerprint density at radius 2 is 2.06 bits per heavy atom. The van der Waals surface area contributed by atoms with Crippen LogP contribution in [0.4, 0.5) is 0 Å². The molecule has 0 unspecified atom stereocenters. The van der Waals surface area contributed by atoms with Gasteiger partial charge in [0, 0.05) is 6.42 Å². The summed E-state index contributed by atoms with van der Waals surface area (Å²) in [5, 5.41) is 8.62. The van der Waals surface area contributed by atoms with Crippen molar-refractivity contribution in [2.75, 3.05) is 7.11 Å². The van der Waals surface area contributed by atoms with Crippen molar-refractivity contribution in [1.29, 1.82) is 0 Å². The number of carboxylic acids is 1.